The highest BCUT2D eigenvalue weighted by Crippen LogP contribution is 2.27. The molecular weight excluding hydrogens is 380 g/mol. The predicted octanol–water partition coefficient (Wildman–Crippen LogP) is 2.74. The topological polar surface area (TPSA) is 116 Å². The zero-order valence-electron chi connectivity index (χ0n) is 17.5. The molecule has 0 spiro atoms. The van der Waals surface area contributed by atoms with Crippen molar-refractivity contribution in [2.24, 2.45) is 5.73 Å². The lowest BCUT2D eigenvalue weighted by Crippen LogP contribution is -2.67. The first-order valence-electron chi connectivity index (χ1n) is 9.98. The number of carbonyl (C=O) groups is 2. The number of aryl methyl sites for hydroxylation is 2. The Bertz CT molecular complexity index is 1130. The van der Waals surface area contributed by atoms with Gasteiger partial charge in [0.2, 0.25) is 0 Å². The van der Waals surface area contributed by atoms with Crippen LogP contribution in [0, 0.1) is 13.8 Å². The summed E-state index contributed by atoms with van der Waals surface area (Å²) in [6, 6.07) is 7.38. The largest absolute Gasteiger partial charge is 0.360 e. The lowest BCUT2D eigenvalue weighted by molar-refractivity contribution is -0.122. The number of hydrogen-bond acceptors (Lipinski definition) is 5. The van der Waals surface area contributed by atoms with Gasteiger partial charge in [-0.3, -0.25) is 15.1 Å². The number of amides is 3. The number of urea groups is 1. The van der Waals surface area contributed by atoms with Gasteiger partial charge in [-0.25, -0.2) is 9.80 Å². The minimum atomic E-state index is -0.976. The molecule has 3 aromatic rings. The van der Waals surface area contributed by atoms with Gasteiger partial charge < -0.3 is 10.7 Å². The van der Waals surface area contributed by atoms with E-state index in [-0.39, 0.29) is 0 Å². The maximum absolute atomic E-state index is 12.2. The van der Waals surface area contributed by atoms with Gasteiger partial charge in [0.05, 0.1) is 16.7 Å². The smallest absolute Gasteiger partial charge is 0.343 e. The molecular formula is C22H26N6O2. The molecule has 1 aliphatic rings. The Hall–Kier alpha value is -3.23. The number of anilines is 1. The van der Waals surface area contributed by atoms with Crippen LogP contribution in [0.2, 0.25) is 0 Å². The summed E-state index contributed by atoms with van der Waals surface area (Å²) >= 11 is 0. The van der Waals surface area contributed by atoms with Crippen LogP contribution >= 0.6 is 0 Å². The first kappa shape index (κ1) is 20.1. The highest BCUT2D eigenvalue weighted by molar-refractivity contribution is 6.06. The van der Waals surface area contributed by atoms with Gasteiger partial charge in [-0.15, -0.1) is 0 Å². The third-order valence-electron chi connectivity index (χ3n) is 5.51. The van der Waals surface area contributed by atoms with Gasteiger partial charge in [0.15, 0.2) is 6.17 Å². The monoisotopic (exact) mass is 406 g/mol. The lowest BCUT2D eigenvalue weighted by atomic mass is 9.97. The third-order valence-corrected chi connectivity index (χ3v) is 5.51. The number of nitrogens with zero attached hydrogens (tertiary/aromatic N) is 2. The van der Waals surface area contributed by atoms with E-state index in [2.05, 4.69) is 35.6 Å². The van der Waals surface area contributed by atoms with Crippen LogP contribution in [0.5, 0.6) is 0 Å². The molecule has 4 rings (SSSR count). The molecule has 8 heteroatoms. The number of H-pyrrole nitrogens is 1. The van der Waals surface area contributed by atoms with Crippen LogP contribution in [0.1, 0.15) is 47.7 Å². The minimum absolute atomic E-state index is 0.394. The molecule has 8 nitrogen and oxygen atoms in total. The number of pyridine rings is 1. The van der Waals surface area contributed by atoms with Crippen molar-refractivity contribution in [1.82, 2.24) is 20.7 Å². The molecule has 1 aromatic carbocycles. The van der Waals surface area contributed by atoms with Crippen molar-refractivity contribution in [1.29, 1.82) is 0 Å². The van der Waals surface area contributed by atoms with Crippen LogP contribution in [0.3, 0.4) is 0 Å². The van der Waals surface area contributed by atoms with E-state index >= 15 is 0 Å². The number of imide groups is 1. The lowest BCUT2D eigenvalue weighted by Gasteiger charge is -2.31. The van der Waals surface area contributed by atoms with Crippen molar-refractivity contribution in [3.8, 4) is 0 Å². The highest BCUT2D eigenvalue weighted by atomic mass is 16.2. The second kappa shape index (κ2) is 7.55. The molecule has 0 radical (unpaired) electrons. The number of nitrogens with one attached hydrogen (secondary N) is 3. The van der Waals surface area contributed by atoms with Crippen molar-refractivity contribution in [3.63, 3.8) is 0 Å². The Morgan fingerprint density at radius 1 is 1.17 bits per heavy atom. The number of carbonyl (C=O) groups excluding carboxylic acids is 2. The summed E-state index contributed by atoms with van der Waals surface area (Å²) in [7, 11) is 0. The predicted molar refractivity (Wildman–Crippen MR) is 116 cm³/mol. The molecule has 3 amide bonds. The van der Waals surface area contributed by atoms with Gasteiger partial charge in [0.1, 0.15) is 0 Å². The summed E-state index contributed by atoms with van der Waals surface area (Å²) in [4.78, 5) is 32.0. The van der Waals surface area contributed by atoms with Crippen LogP contribution < -0.4 is 21.5 Å². The molecule has 0 bridgehead atoms. The number of fused-ring (bicyclic) bond motifs is 1. The Balaban J connectivity index is 1.64. The van der Waals surface area contributed by atoms with Gasteiger partial charge in [-0.05, 0) is 66.3 Å². The fourth-order valence-corrected chi connectivity index (χ4v) is 3.85. The molecule has 5 N–H and O–H groups in total. The van der Waals surface area contributed by atoms with E-state index in [4.69, 9.17) is 10.7 Å². The molecule has 1 saturated heterocycles. The third kappa shape index (κ3) is 3.55. The average molecular weight is 406 g/mol. The molecule has 156 valence electrons. The molecule has 0 aliphatic carbocycles. The molecule has 1 aliphatic heterocycles. The Kier molecular flexibility index (Phi) is 5.05. The molecule has 2 aromatic heterocycles. The van der Waals surface area contributed by atoms with Crippen molar-refractivity contribution in [2.75, 3.05) is 5.01 Å². The van der Waals surface area contributed by atoms with Gasteiger partial charge in [0.25, 0.3) is 5.91 Å². The molecule has 0 saturated carbocycles. The second-order valence-corrected chi connectivity index (χ2v) is 8.07. The summed E-state index contributed by atoms with van der Waals surface area (Å²) in [5.41, 5.74) is 16.6. The number of hydrogen-bond donors (Lipinski definition) is 4. The van der Waals surface area contributed by atoms with Crippen LogP contribution in [0.25, 0.3) is 11.0 Å². The maximum Gasteiger partial charge on any atom is 0.343 e. The zero-order valence-corrected chi connectivity index (χ0v) is 17.5. The first-order chi connectivity index (χ1) is 14.2. The Morgan fingerprint density at radius 3 is 2.53 bits per heavy atom. The van der Waals surface area contributed by atoms with Crippen LogP contribution in [0.15, 0.2) is 30.5 Å². The highest BCUT2D eigenvalue weighted by Gasteiger charge is 2.30. The maximum atomic E-state index is 12.2. The summed E-state index contributed by atoms with van der Waals surface area (Å²) in [6.07, 6.45) is 1.74. The molecule has 1 atom stereocenters. The molecule has 3 heterocycles. The van der Waals surface area contributed by atoms with Crippen LogP contribution in [-0.4, -0.2) is 28.1 Å². The molecule has 30 heavy (non-hydrogen) atoms. The summed E-state index contributed by atoms with van der Waals surface area (Å²) < 4.78 is 0. The van der Waals surface area contributed by atoms with Crippen molar-refractivity contribution < 1.29 is 9.59 Å². The van der Waals surface area contributed by atoms with Crippen molar-refractivity contribution in [2.45, 2.75) is 46.2 Å². The minimum Gasteiger partial charge on any atom is -0.360 e. The zero-order chi connectivity index (χ0) is 21.6. The van der Waals surface area contributed by atoms with Crippen LogP contribution in [0.4, 0.5) is 10.5 Å². The quantitative estimate of drug-likeness (QED) is 0.532. The molecule has 1 unspecified atom stereocenters. The number of benzene rings is 1. The normalized spacial score (nSPS) is 17.1. The number of hydrazine groups is 1. The number of nitrogens with two attached hydrogens (primary N) is 1. The SMILES string of the molecule is Cc1cc(N2NC(N)C(=O)NC2=O)cc(C)c1Cc1ccc2[nH]cc(C(C)C)c2n1. The summed E-state index contributed by atoms with van der Waals surface area (Å²) in [5.74, 6) is -0.154. The standard InChI is InChI=1S/C22H26N6O2/c1-11(2)17-10-24-18-6-5-14(25-19(17)18)9-16-12(3)7-15(8-13(16)4)28-22(30)26-21(29)20(23)27-28/h5-8,10-11,20,24,27H,9,23H2,1-4H3,(H,26,29,30). The fraction of sp³-hybridized carbons (Fsp3) is 0.318. The first-order valence-corrected chi connectivity index (χ1v) is 9.98. The Labute approximate surface area is 174 Å². The second-order valence-electron chi connectivity index (χ2n) is 8.07. The van der Waals surface area contributed by atoms with Gasteiger partial charge in [-0.1, -0.05) is 13.8 Å². The van der Waals surface area contributed by atoms with E-state index in [0.29, 0.717) is 18.0 Å². The molecule has 1 fully saturated rings. The average Bonchev–Trinajstić information content (AvgIpc) is 3.11. The van der Waals surface area contributed by atoms with E-state index in [1.54, 1.807) is 0 Å². The summed E-state index contributed by atoms with van der Waals surface area (Å²) in [5, 5.41) is 3.52. The van der Waals surface area contributed by atoms with Gasteiger partial charge >= 0.3 is 6.03 Å². The summed E-state index contributed by atoms with van der Waals surface area (Å²) in [6.45, 7) is 8.34. The Morgan fingerprint density at radius 2 is 1.87 bits per heavy atom. The van der Waals surface area contributed by atoms with Gasteiger partial charge in [-0.2, -0.15) is 5.43 Å². The number of aromatic amines is 1. The van der Waals surface area contributed by atoms with Gasteiger partial charge in [0, 0.05) is 18.3 Å². The fourth-order valence-electron chi connectivity index (χ4n) is 3.85. The van der Waals surface area contributed by atoms with Crippen molar-refractivity contribution >= 4 is 28.7 Å². The van der Waals surface area contributed by atoms with Crippen molar-refractivity contribution in [3.05, 3.63) is 58.4 Å². The van der Waals surface area contributed by atoms with E-state index in [1.807, 2.05) is 38.2 Å². The van der Waals surface area contributed by atoms with E-state index in [1.165, 1.54) is 10.6 Å². The number of rotatable bonds is 4. The van der Waals surface area contributed by atoms with Crippen LogP contribution in [-0.2, 0) is 11.2 Å². The van der Waals surface area contributed by atoms with E-state index in [9.17, 15) is 9.59 Å². The van der Waals surface area contributed by atoms with E-state index < -0.39 is 18.1 Å². The van der Waals surface area contributed by atoms with E-state index in [0.717, 1.165) is 33.4 Å². The number of aromatic nitrogens is 2.